The van der Waals surface area contributed by atoms with Gasteiger partial charge in [-0.2, -0.15) is 0 Å². The Morgan fingerprint density at radius 1 is 1.38 bits per heavy atom. The molecule has 0 saturated heterocycles. The molecule has 5 nitrogen and oxygen atoms in total. The summed E-state index contributed by atoms with van der Waals surface area (Å²) in [5.74, 6) is 1.42. The lowest BCUT2D eigenvalue weighted by atomic mass is 9.93. The molecule has 1 heterocycles. The van der Waals surface area contributed by atoms with Gasteiger partial charge in [0.1, 0.15) is 5.82 Å². The van der Waals surface area contributed by atoms with Gasteiger partial charge in [0.15, 0.2) is 5.82 Å². The Labute approximate surface area is 123 Å². The van der Waals surface area contributed by atoms with E-state index in [1.54, 1.807) is 6.07 Å². The highest BCUT2D eigenvalue weighted by molar-refractivity contribution is 5.71. The third-order valence-corrected chi connectivity index (χ3v) is 4.77. The molecule has 6 heteroatoms. The number of tetrazole rings is 1. The van der Waals surface area contributed by atoms with Gasteiger partial charge >= 0.3 is 0 Å². The van der Waals surface area contributed by atoms with Gasteiger partial charge in [-0.1, -0.05) is 20.3 Å². The average Bonchev–Trinajstić information content (AvgIpc) is 3.07. The number of anilines is 1. The van der Waals surface area contributed by atoms with Gasteiger partial charge in [0, 0.05) is 11.3 Å². The molecule has 0 bridgehead atoms. The molecule has 0 radical (unpaired) electrons. The van der Waals surface area contributed by atoms with Crippen LogP contribution in [0, 0.1) is 17.7 Å². The number of hydrogen-bond donors (Lipinski definition) is 1. The van der Waals surface area contributed by atoms with Crippen molar-refractivity contribution in [2.75, 3.05) is 5.73 Å². The van der Waals surface area contributed by atoms with E-state index >= 15 is 0 Å². The van der Waals surface area contributed by atoms with Crippen LogP contribution < -0.4 is 5.73 Å². The Kier molecular flexibility index (Phi) is 3.61. The van der Waals surface area contributed by atoms with Crippen molar-refractivity contribution in [2.24, 2.45) is 11.8 Å². The van der Waals surface area contributed by atoms with Crippen LogP contribution in [0.4, 0.5) is 10.1 Å². The van der Waals surface area contributed by atoms with Crippen molar-refractivity contribution in [1.29, 1.82) is 0 Å². The quantitative estimate of drug-likeness (QED) is 0.882. The highest BCUT2D eigenvalue weighted by Gasteiger charge is 2.35. The summed E-state index contributed by atoms with van der Waals surface area (Å²) in [7, 11) is 0. The summed E-state index contributed by atoms with van der Waals surface area (Å²) in [6, 6.07) is 4.55. The fraction of sp³-hybridized carbons (Fsp3) is 0.533. The Morgan fingerprint density at radius 3 is 2.90 bits per heavy atom. The monoisotopic (exact) mass is 289 g/mol. The van der Waals surface area contributed by atoms with E-state index in [9.17, 15) is 4.39 Å². The number of rotatable bonds is 3. The molecule has 3 atom stereocenters. The van der Waals surface area contributed by atoms with Gasteiger partial charge in [0.2, 0.25) is 0 Å². The van der Waals surface area contributed by atoms with Crippen LogP contribution in [0.25, 0.3) is 11.4 Å². The molecule has 2 N–H and O–H groups in total. The van der Waals surface area contributed by atoms with E-state index in [0.717, 1.165) is 12.8 Å². The molecule has 1 fully saturated rings. The van der Waals surface area contributed by atoms with Crippen LogP contribution in [-0.4, -0.2) is 20.2 Å². The SMILES string of the molecule is CCC1CCC(n2nnnc2-c2cc(F)ccc2N)C1C. The summed E-state index contributed by atoms with van der Waals surface area (Å²) in [6.07, 6.45) is 3.39. The molecule has 3 unspecified atom stereocenters. The van der Waals surface area contributed by atoms with Crippen molar-refractivity contribution in [1.82, 2.24) is 20.2 Å². The van der Waals surface area contributed by atoms with Gasteiger partial charge in [-0.05, 0) is 53.3 Å². The smallest absolute Gasteiger partial charge is 0.184 e. The number of benzene rings is 1. The zero-order valence-corrected chi connectivity index (χ0v) is 12.3. The lowest BCUT2D eigenvalue weighted by molar-refractivity contribution is 0.310. The number of nitrogen functional groups attached to an aromatic ring is 1. The van der Waals surface area contributed by atoms with Gasteiger partial charge in [-0.25, -0.2) is 9.07 Å². The summed E-state index contributed by atoms with van der Waals surface area (Å²) < 4.78 is 15.3. The molecule has 1 aliphatic carbocycles. The van der Waals surface area contributed by atoms with E-state index < -0.39 is 0 Å². The molecule has 1 aliphatic rings. The minimum atomic E-state index is -0.334. The Morgan fingerprint density at radius 2 is 2.19 bits per heavy atom. The summed E-state index contributed by atoms with van der Waals surface area (Å²) in [4.78, 5) is 0. The Balaban J connectivity index is 2.00. The summed E-state index contributed by atoms with van der Waals surface area (Å²) in [5.41, 5.74) is 7.01. The molecule has 1 aromatic carbocycles. The lowest BCUT2D eigenvalue weighted by Crippen LogP contribution is -2.18. The molecule has 21 heavy (non-hydrogen) atoms. The zero-order valence-electron chi connectivity index (χ0n) is 12.3. The van der Waals surface area contributed by atoms with Crippen LogP contribution in [0.2, 0.25) is 0 Å². The largest absolute Gasteiger partial charge is 0.398 e. The number of aromatic nitrogens is 4. The van der Waals surface area contributed by atoms with E-state index in [1.807, 2.05) is 4.68 Å². The van der Waals surface area contributed by atoms with Crippen LogP contribution in [0.5, 0.6) is 0 Å². The zero-order chi connectivity index (χ0) is 15.0. The topological polar surface area (TPSA) is 69.6 Å². The first kappa shape index (κ1) is 14.0. The van der Waals surface area contributed by atoms with Crippen molar-refractivity contribution >= 4 is 5.69 Å². The van der Waals surface area contributed by atoms with Crippen LogP contribution in [-0.2, 0) is 0 Å². The maximum absolute atomic E-state index is 13.5. The molecule has 0 spiro atoms. The van der Waals surface area contributed by atoms with Crippen molar-refractivity contribution < 1.29 is 4.39 Å². The second-order valence-electron chi connectivity index (χ2n) is 5.85. The van der Waals surface area contributed by atoms with Gasteiger partial charge in [0.25, 0.3) is 0 Å². The number of halogens is 1. The minimum absolute atomic E-state index is 0.252. The molecule has 1 saturated carbocycles. The first-order valence-corrected chi connectivity index (χ1v) is 7.45. The predicted octanol–water partition coefficient (Wildman–Crippen LogP) is 3.06. The van der Waals surface area contributed by atoms with Crippen LogP contribution >= 0.6 is 0 Å². The molecule has 1 aromatic heterocycles. The van der Waals surface area contributed by atoms with E-state index in [0.29, 0.717) is 28.9 Å². The Hall–Kier alpha value is -1.98. The standard InChI is InChI=1S/C15H20FN5/c1-3-10-4-7-14(9(10)2)21-15(18-19-20-21)12-8-11(16)5-6-13(12)17/h5-6,8-10,14H,3-4,7,17H2,1-2H3. The summed E-state index contributed by atoms with van der Waals surface area (Å²) in [5, 5.41) is 12.0. The summed E-state index contributed by atoms with van der Waals surface area (Å²) >= 11 is 0. The van der Waals surface area contributed by atoms with Gasteiger partial charge < -0.3 is 5.73 Å². The maximum atomic E-state index is 13.5. The Bertz CT molecular complexity index is 639. The van der Waals surface area contributed by atoms with Crippen LogP contribution in [0.15, 0.2) is 18.2 Å². The van der Waals surface area contributed by atoms with Crippen LogP contribution in [0.1, 0.15) is 39.2 Å². The van der Waals surface area contributed by atoms with E-state index in [2.05, 4.69) is 29.4 Å². The third kappa shape index (κ3) is 2.39. The third-order valence-electron chi connectivity index (χ3n) is 4.77. The van der Waals surface area contributed by atoms with E-state index in [-0.39, 0.29) is 11.9 Å². The van der Waals surface area contributed by atoms with Crippen molar-refractivity contribution in [3.8, 4) is 11.4 Å². The van der Waals surface area contributed by atoms with Crippen molar-refractivity contribution in [2.45, 2.75) is 39.2 Å². The fourth-order valence-electron chi connectivity index (χ4n) is 3.46. The molecule has 3 rings (SSSR count). The van der Waals surface area contributed by atoms with E-state index in [1.165, 1.54) is 18.6 Å². The second-order valence-corrected chi connectivity index (χ2v) is 5.85. The molecule has 2 aromatic rings. The fourth-order valence-corrected chi connectivity index (χ4v) is 3.46. The van der Waals surface area contributed by atoms with Crippen molar-refractivity contribution in [3.05, 3.63) is 24.0 Å². The molecule has 0 aliphatic heterocycles. The maximum Gasteiger partial charge on any atom is 0.184 e. The first-order chi connectivity index (χ1) is 10.1. The minimum Gasteiger partial charge on any atom is -0.398 e. The number of nitrogens with two attached hydrogens (primary N) is 1. The molecular formula is C15H20FN5. The highest BCUT2D eigenvalue weighted by Crippen LogP contribution is 2.42. The highest BCUT2D eigenvalue weighted by atomic mass is 19.1. The van der Waals surface area contributed by atoms with Gasteiger partial charge in [0.05, 0.1) is 6.04 Å². The predicted molar refractivity (Wildman–Crippen MR) is 78.8 cm³/mol. The molecule has 0 amide bonds. The lowest BCUT2D eigenvalue weighted by Gasteiger charge is -2.20. The number of nitrogens with zero attached hydrogens (tertiary/aromatic N) is 4. The second kappa shape index (κ2) is 5.42. The summed E-state index contributed by atoms with van der Waals surface area (Å²) in [6.45, 7) is 4.46. The normalized spacial score (nSPS) is 25.4. The molecule has 112 valence electrons. The van der Waals surface area contributed by atoms with Crippen LogP contribution in [0.3, 0.4) is 0 Å². The van der Waals surface area contributed by atoms with Gasteiger partial charge in [-0.15, -0.1) is 5.10 Å². The van der Waals surface area contributed by atoms with E-state index in [4.69, 9.17) is 5.73 Å². The van der Waals surface area contributed by atoms with Crippen molar-refractivity contribution in [3.63, 3.8) is 0 Å². The molecular weight excluding hydrogens is 269 g/mol. The first-order valence-electron chi connectivity index (χ1n) is 7.45. The number of hydrogen-bond acceptors (Lipinski definition) is 4. The van der Waals surface area contributed by atoms with Gasteiger partial charge in [-0.3, -0.25) is 0 Å². The average molecular weight is 289 g/mol.